The van der Waals surface area contributed by atoms with Gasteiger partial charge in [0.25, 0.3) is 0 Å². The van der Waals surface area contributed by atoms with Crippen LogP contribution in [0.1, 0.15) is 34.0 Å². The average Bonchev–Trinajstić information content (AvgIpc) is 2.42. The third-order valence-electron chi connectivity index (χ3n) is 2.82. The topological polar surface area (TPSA) is 124 Å². The molecular weight excluding hydrogens is 250 g/mol. The number of carboxylic acids is 1. The molecule has 0 saturated heterocycles. The van der Waals surface area contributed by atoms with Gasteiger partial charge in [-0.15, -0.1) is 0 Å². The first-order chi connectivity index (χ1) is 8.99. The van der Waals surface area contributed by atoms with Crippen LogP contribution in [0, 0.1) is 0 Å². The molecule has 6 nitrogen and oxygen atoms in total. The van der Waals surface area contributed by atoms with Crippen LogP contribution in [0.25, 0.3) is 0 Å². The molecule has 19 heavy (non-hydrogen) atoms. The molecule has 0 unspecified atom stereocenters. The summed E-state index contributed by atoms with van der Waals surface area (Å²) in [4.78, 5) is 11.0. The van der Waals surface area contributed by atoms with Crippen molar-refractivity contribution in [3.63, 3.8) is 0 Å². The summed E-state index contributed by atoms with van der Waals surface area (Å²) in [6, 6.07) is 4.42. The van der Waals surface area contributed by atoms with Gasteiger partial charge in [-0.2, -0.15) is 0 Å². The summed E-state index contributed by atoms with van der Waals surface area (Å²) in [7, 11) is 0. The molecule has 0 bridgehead atoms. The van der Waals surface area contributed by atoms with E-state index in [0.717, 1.165) is 5.56 Å². The number of hydrogen-bond donors (Lipinski definition) is 5. The van der Waals surface area contributed by atoms with Gasteiger partial charge in [0.15, 0.2) is 0 Å². The number of carboxylic acid groups (broad SMARTS) is 1. The van der Waals surface area contributed by atoms with E-state index in [-0.39, 0.29) is 11.1 Å². The van der Waals surface area contributed by atoms with E-state index >= 15 is 0 Å². The number of benzene rings is 1. The van der Waals surface area contributed by atoms with Crippen LogP contribution >= 0.6 is 0 Å². The van der Waals surface area contributed by atoms with Gasteiger partial charge in [0.1, 0.15) is 12.2 Å². The summed E-state index contributed by atoms with van der Waals surface area (Å²) in [5, 5.41) is 37.1. The van der Waals surface area contributed by atoms with Crippen LogP contribution in [0.5, 0.6) is 0 Å². The van der Waals surface area contributed by atoms with E-state index in [1.807, 2.05) is 0 Å². The van der Waals surface area contributed by atoms with Crippen molar-refractivity contribution in [3.8, 4) is 0 Å². The van der Waals surface area contributed by atoms with E-state index in [0.29, 0.717) is 19.4 Å². The molecule has 0 heterocycles. The van der Waals surface area contributed by atoms with Gasteiger partial charge in [-0.1, -0.05) is 6.07 Å². The van der Waals surface area contributed by atoms with Gasteiger partial charge in [-0.3, -0.25) is 0 Å². The molecule has 106 valence electrons. The molecule has 0 aromatic heterocycles. The second-order valence-electron chi connectivity index (χ2n) is 4.36. The van der Waals surface area contributed by atoms with E-state index in [9.17, 15) is 15.0 Å². The monoisotopic (exact) mass is 269 g/mol. The van der Waals surface area contributed by atoms with E-state index in [1.165, 1.54) is 12.1 Å². The first-order valence-electron chi connectivity index (χ1n) is 6.03. The zero-order chi connectivity index (χ0) is 14.4. The molecular formula is C13H19NO5. The molecule has 6 N–H and O–H groups in total. The molecule has 0 saturated carbocycles. The highest BCUT2D eigenvalue weighted by Gasteiger charge is 2.19. The Kier molecular flexibility index (Phi) is 5.91. The lowest BCUT2D eigenvalue weighted by atomic mass is 9.97. The second-order valence-corrected chi connectivity index (χ2v) is 4.36. The standard InChI is InChI=1S/C13H19NO5/c14-3-1-2-8-4-9(12(17)11(16)7-15)6-10(5-8)13(18)19/h4-6,11-12,15-17H,1-3,7,14H2,(H,18,19)/t11-,12+/m1/s1. The van der Waals surface area contributed by atoms with E-state index in [1.54, 1.807) is 6.07 Å². The van der Waals surface area contributed by atoms with Crippen molar-refractivity contribution in [1.82, 2.24) is 0 Å². The molecule has 0 aliphatic carbocycles. The molecule has 1 aromatic carbocycles. The van der Waals surface area contributed by atoms with Crippen molar-refractivity contribution in [1.29, 1.82) is 0 Å². The Morgan fingerprint density at radius 2 is 1.95 bits per heavy atom. The normalized spacial score (nSPS) is 14.1. The van der Waals surface area contributed by atoms with Gasteiger partial charge < -0.3 is 26.2 Å². The molecule has 6 heteroatoms. The third-order valence-corrected chi connectivity index (χ3v) is 2.82. The first kappa shape index (κ1) is 15.6. The van der Waals surface area contributed by atoms with Crippen LogP contribution in [0.3, 0.4) is 0 Å². The number of aromatic carboxylic acids is 1. The molecule has 0 radical (unpaired) electrons. The third kappa shape index (κ3) is 4.29. The molecule has 2 atom stereocenters. The maximum absolute atomic E-state index is 11.0. The average molecular weight is 269 g/mol. The molecule has 0 amide bonds. The zero-order valence-corrected chi connectivity index (χ0v) is 10.5. The Hall–Kier alpha value is -1.47. The summed E-state index contributed by atoms with van der Waals surface area (Å²) in [5.41, 5.74) is 6.44. The van der Waals surface area contributed by atoms with Crippen LogP contribution in [-0.2, 0) is 6.42 Å². The highest BCUT2D eigenvalue weighted by molar-refractivity contribution is 5.88. The van der Waals surface area contributed by atoms with Gasteiger partial charge in [0.2, 0.25) is 0 Å². The Bertz CT molecular complexity index is 435. The van der Waals surface area contributed by atoms with Crippen LogP contribution in [0.15, 0.2) is 18.2 Å². The van der Waals surface area contributed by atoms with Crippen LogP contribution in [0.2, 0.25) is 0 Å². The predicted molar refractivity (Wildman–Crippen MR) is 68.8 cm³/mol. The SMILES string of the molecule is NCCCc1cc(C(=O)O)cc([C@H](O)[C@H](O)CO)c1. The number of aliphatic hydroxyl groups excluding tert-OH is 3. The van der Waals surface area contributed by atoms with Gasteiger partial charge in [0, 0.05) is 0 Å². The Balaban J connectivity index is 3.08. The predicted octanol–water partition coefficient (Wildman–Crippen LogP) is -0.337. The fraction of sp³-hybridized carbons (Fsp3) is 0.462. The first-order valence-corrected chi connectivity index (χ1v) is 6.03. The maximum Gasteiger partial charge on any atom is 0.335 e. The molecule has 1 rings (SSSR count). The highest BCUT2D eigenvalue weighted by atomic mass is 16.4. The number of rotatable bonds is 7. The molecule has 0 spiro atoms. The minimum atomic E-state index is -1.34. The quantitative estimate of drug-likeness (QED) is 0.461. The van der Waals surface area contributed by atoms with Crippen molar-refractivity contribution in [2.24, 2.45) is 5.73 Å². The van der Waals surface area contributed by atoms with Gasteiger partial charge in [-0.05, 0) is 42.6 Å². The fourth-order valence-electron chi connectivity index (χ4n) is 1.79. The molecule has 0 aliphatic heterocycles. The summed E-state index contributed by atoms with van der Waals surface area (Å²) >= 11 is 0. The Labute approximate surface area is 111 Å². The van der Waals surface area contributed by atoms with Crippen molar-refractivity contribution in [2.75, 3.05) is 13.2 Å². The van der Waals surface area contributed by atoms with Gasteiger partial charge >= 0.3 is 5.97 Å². The zero-order valence-electron chi connectivity index (χ0n) is 10.5. The minimum Gasteiger partial charge on any atom is -0.478 e. The van der Waals surface area contributed by atoms with E-state index < -0.39 is 24.8 Å². The largest absolute Gasteiger partial charge is 0.478 e. The lowest BCUT2D eigenvalue weighted by Crippen LogP contribution is -2.22. The summed E-state index contributed by atoms with van der Waals surface area (Å²) in [5.74, 6) is -1.11. The smallest absolute Gasteiger partial charge is 0.335 e. The van der Waals surface area contributed by atoms with Gasteiger partial charge in [-0.25, -0.2) is 4.79 Å². The van der Waals surface area contributed by atoms with Crippen molar-refractivity contribution in [2.45, 2.75) is 25.0 Å². The highest BCUT2D eigenvalue weighted by Crippen LogP contribution is 2.21. The van der Waals surface area contributed by atoms with Crippen molar-refractivity contribution in [3.05, 3.63) is 34.9 Å². The van der Waals surface area contributed by atoms with Crippen LogP contribution in [-0.4, -0.2) is 45.7 Å². The lowest BCUT2D eigenvalue weighted by Gasteiger charge is -2.17. The minimum absolute atomic E-state index is 0.0358. The molecule has 1 aromatic rings. The number of nitrogens with two attached hydrogens (primary N) is 1. The number of aryl methyl sites for hydroxylation is 1. The van der Waals surface area contributed by atoms with Crippen LogP contribution < -0.4 is 5.73 Å². The summed E-state index contributed by atoms with van der Waals surface area (Å²) in [6.45, 7) is -0.120. The van der Waals surface area contributed by atoms with Crippen molar-refractivity contribution >= 4 is 5.97 Å². The number of aliphatic hydroxyl groups is 3. The summed E-state index contributed by atoms with van der Waals surface area (Å²) < 4.78 is 0. The Morgan fingerprint density at radius 3 is 2.47 bits per heavy atom. The molecule has 0 fully saturated rings. The van der Waals surface area contributed by atoms with E-state index in [4.69, 9.17) is 15.9 Å². The van der Waals surface area contributed by atoms with Crippen LogP contribution in [0.4, 0.5) is 0 Å². The lowest BCUT2D eigenvalue weighted by molar-refractivity contribution is -0.0153. The fourth-order valence-corrected chi connectivity index (χ4v) is 1.79. The number of hydrogen-bond acceptors (Lipinski definition) is 5. The van der Waals surface area contributed by atoms with Gasteiger partial charge in [0.05, 0.1) is 12.2 Å². The Morgan fingerprint density at radius 1 is 1.26 bits per heavy atom. The second kappa shape index (κ2) is 7.20. The maximum atomic E-state index is 11.0. The molecule has 0 aliphatic rings. The van der Waals surface area contributed by atoms with Crippen molar-refractivity contribution < 1.29 is 25.2 Å². The number of carbonyl (C=O) groups is 1. The summed E-state index contributed by atoms with van der Waals surface area (Å²) in [6.07, 6.45) is -1.37. The van der Waals surface area contributed by atoms with E-state index in [2.05, 4.69) is 0 Å².